The molecule has 7 heteroatoms. The van der Waals surface area contributed by atoms with Gasteiger partial charge in [-0.25, -0.2) is 4.98 Å². The van der Waals surface area contributed by atoms with Crippen molar-refractivity contribution in [2.75, 3.05) is 19.6 Å². The van der Waals surface area contributed by atoms with Crippen LogP contribution in [0.3, 0.4) is 0 Å². The Morgan fingerprint density at radius 2 is 2.40 bits per heavy atom. The molecule has 0 aromatic carbocycles. The van der Waals surface area contributed by atoms with E-state index in [1.54, 1.807) is 11.3 Å². The largest absolute Gasteiger partial charge is 0.360 e. The zero-order valence-electron chi connectivity index (χ0n) is 14.5. The molecule has 4 atom stereocenters. The maximum Gasteiger partial charge on any atom is 0.230 e. The third kappa shape index (κ3) is 2.60. The van der Waals surface area contributed by atoms with Crippen molar-refractivity contribution >= 4 is 23.2 Å². The Hall–Kier alpha value is -1.73. The molecule has 1 aromatic rings. The lowest BCUT2D eigenvalue weighted by atomic mass is 9.77. The number of rotatable bonds is 6. The summed E-state index contributed by atoms with van der Waals surface area (Å²) in [6.45, 7) is 5.88. The fourth-order valence-electron chi connectivity index (χ4n) is 4.32. The number of nitrogens with zero attached hydrogens (tertiary/aromatic N) is 2. The second-order valence-corrected chi connectivity index (χ2v) is 8.00. The highest BCUT2D eigenvalue weighted by Crippen LogP contribution is 2.51. The summed E-state index contributed by atoms with van der Waals surface area (Å²) in [5.41, 5.74) is 2.25. The average Bonchev–Trinajstić information content (AvgIpc) is 3.31. The maximum atomic E-state index is 12.8. The van der Waals surface area contributed by atoms with Crippen LogP contribution in [0.4, 0.5) is 0 Å². The zero-order chi connectivity index (χ0) is 17.6. The van der Waals surface area contributed by atoms with Crippen LogP contribution in [0.25, 0.3) is 0 Å². The van der Waals surface area contributed by atoms with Crippen LogP contribution in [0.15, 0.2) is 17.7 Å². The molecule has 3 aliphatic heterocycles. The van der Waals surface area contributed by atoms with Crippen molar-refractivity contribution in [2.45, 2.75) is 38.4 Å². The highest BCUT2D eigenvalue weighted by atomic mass is 32.1. The molecule has 4 heterocycles. The summed E-state index contributed by atoms with van der Waals surface area (Å²) in [7, 11) is 0. The molecule has 1 aromatic heterocycles. The molecule has 0 radical (unpaired) electrons. The fraction of sp³-hybridized carbons (Fsp3) is 0.611. The van der Waals surface area contributed by atoms with Gasteiger partial charge in [0.15, 0.2) is 0 Å². The molecule has 2 amide bonds. The number of fused-ring (bicyclic) bond motifs is 1. The molecular formula is C18H23N3O3S. The van der Waals surface area contributed by atoms with Gasteiger partial charge in [0, 0.05) is 24.4 Å². The van der Waals surface area contributed by atoms with Crippen LogP contribution in [0.2, 0.25) is 0 Å². The smallest absolute Gasteiger partial charge is 0.230 e. The molecule has 1 spiro atoms. The third-order valence-electron chi connectivity index (χ3n) is 5.47. The van der Waals surface area contributed by atoms with E-state index in [4.69, 9.17) is 4.74 Å². The summed E-state index contributed by atoms with van der Waals surface area (Å²) in [6.07, 6.45) is 5.36. The summed E-state index contributed by atoms with van der Waals surface area (Å²) < 4.78 is 6.09. The van der Waals surface area contributed by atoms with Gasteiger partial charge < -0.3 is 15.0 Å². The van der Waals surface area contributed by atoms with Gasteiger partial charge >= 0.3 is 0 Å². The first-order valence-corrected chi connectivity index (χ1v) is 9.76. The molecule has 1 N–H and O–H groups in total. The molecule has 2 saturated heterocycles. The second kappa shape index (κ2) is 6.21. The standard InChI is InChI=1S/C18H23N3O3S/c1-3-8-21-9-18-6-4-12(24-18)14(15(18)17(21)23)16(22)19-7-5-13-11(2)20-10-25-13/h4,6,10,12,14-15H,3,5,7-9H2,1-2H3,(H,19,22)/t12-,14-,15+,18-/m0/s1. The first kappa shape index (κ1) is 16.7. The fourth-order valence-corrected chi connectivity index (χ4v) is 5.10. The molecule has 3 aliphatic rings. The van der Waals surface area contributed by atoms with Gasteiger partial charge in [-0.15, -0.1) is 11.3 Å². The van der Waals surface area contributed by atoms with Gasteiger partial charge in [-0.3, -0.25) is 9.59 Å². The Labute approximate surface area is 151 Å². The van der Waals surface area contributed by atoms with E-state index < -0.39 is 11.5 Å². The summed E-state index contributed by atoms with van der Waals surface area (Å²) in [6, 6.07) is 0. The molecule has 134 valence electrons. The Morgan fingerprint density at radius 3 is 3.12 bits per heavy atom. The van der Waals surface area contributed by atoms with Crippen molar-refractivity contribution in [3.8, 4) is 0 Å². The van der Waals surface area contributed by atoms with Crippen LogP contribution >= 0.6 is 11.3 Å². The van der Waals surface area contributed by atoms with E-state index in [2.05, 4.69) is 17.2 Å². The van der Waals surface area contributed by atoms with Crippen molar-refractivity contribution in [2.24, 2.45) is 11.8 Å². The van der Waals surface area contributed by atoms with Crippen molar-refractivity contribution < 1.29 is 14.3 Å². The predicted octanol–water partition coefficient (Wildman–Crippen LogP) is 1.30. The Bertz CT molecular complexity index is 731. The minimum atomic E-state index is -0.590. The number of nitrogens with one attached hydrogen (secondary N) is 1. The number of amides is 2. The minimum Gasteiger partial charge on any atom is -0.360 e. The van der Waals surface area contributed by atoms with Gasteiger partial charge in [0.25, 0.3) is 0 Å². The topological polar surface area (TPSA) is 71.5 Å². The SMILES string of the molecule is CCCN1C[C@]23C=C[C@H](O2)[C@H](C(=O)NCCc2scnc2C)[C@@H]3C1=O. The van der Waals surface area contributed by atoms with E-state index in [1.807, 2.05) is 29.5 Å². The number of thiazole rings is 1. The highest BCUT2D eigenvalue weighted by Gasteiger charge is 2.66. The number of ether oxygens (including phenoxy) is 1. The quantitative estimate of drug-likeness (QED) is 0.776. The van der Waals surface area contributed by atoms with Crippen molar-refractivity contribution in [3.05, 3.63) is 28.2 Å². The van der Waals surface area contributed by atoms with Gasteiger partial charge in [-0.2, -0.15) is 0 Å². The van der Waals surface area contributed by atoms with Gasteiger partial charge in [0.2, 0.25) is 11.8 Å². The molecule has 2 bridgehead atoms. The van der Waals surface area contributed by atoms with E-state index in [0.717, 1.165) is 25.1 Å². The maximum absolute atomic E-state index is 12.8. The molecule has 0 unspecified atom stereocenters. The Balaban J connectivity index is 1.43. The van der Waals surface area contributed by atoms with Crippen LogP contribution in [-0.4, -0.2) is 53.0 Å². The molecule has 25 heavy (non-hydrogen) atoms. The van der Waals surface area contributed by atoms with E-state index in [9.17, 15) is 9.59 Å². The van der Waals surface area contributed by atoms with Crippen molar-refractivity contribution in [3.63, 3.8) is 0 Å². The average molecular weight is 361 g/mol. The van der Waals surface area contributed by atoms with Gasteiger partial charge in [-0.05, 0) is 13.3 Å². The third-order valence-corrected chi connectivity index (χ3v) is 6.47. The predicted molar refractivity (Wildman–Crippen MR) is 94.2 cm³/mol. The van der Waals surface area contributed by atoms with Crippen LogP contribution in [0.5, 0.6) is 0 Å². The number of carbonyl (C=O) groups is 2. The van der Waals surface area contributed by atoms with Crippen LogP contribution in [0.1, 0.15) is 23.9 Å². The monoisotopic (exact) mass is 361 g/mol. The molecule has 4 rings (SSSR count). The molecule has 6 nitrogen and oxygen atoms in total. The van der Waals surface area contributed by atoms with Crippen molar-refractivity contribution in [1.82, 2.24) is 15.2 Å². The van der Waals surface area contributed by atoms with Gasteiger partial charge in [0.1, 0.15) is 5.60 Å². The molecular weight excluding hydrogens is 338 g/mol. The molecule has 0 aliphatic carbocycles. The van der Waals surface area contributed by atoms with E-state index in [-0.39, 0.29) is 23.8 Å². The number of likely N-dealkylation sites (tertiary alicyclic amines) is 1. The summed E-state index contributed by atoms with van der Waals surface area (Å²) in [5, 5.41) is 3.01. The lowest BCUT2D eigenvalue weighted by Crippen LogP contribution is -2.44. The first-order chi connectivity index (χ1) is 12.1. The number of hydrogen-bond acceptors (Lipinski definition) is 5. The minimum absolute atomic E-state index is 0.0622. The Morgan fingerprint density at radius 1 is 1.56 bits per heavy atom. The van der Waals surface area contributed by atoms with Crippen LogP contribution < -0.4 is 5.32 Å². The molecule has 0 saturated carbocycles. The lowest BCUT2D eigenvalue weighted by Gasteiger charge is -2.23. The van der Waals surface area contributed by atoms with Crippen LogP contribution in [0, 0.1) is 18.8 Å². The Kier molecular flexibility index (Phi) is 4.16. The second-order valence-electron chi connectivity index (χ2n) is 7.06. The normalized spacial score (nSPS) is 32.5. The number of hydrogen-bond donors (Lipinski definition) is 1. The zero-order valence-corrected chi connectivity index (χ0v) is 15.3. The number of aromatic nitrogens is 1. The summed E-state index contributed by atoms with van der Waals surface area (Å²) >= 11 is 1.61. The molecule has 2 fully saturated rings. The summed E-state index contributed by atoms with van der Waals surface area (Å²) in [5.74, 6) is -0.802. The lowest BCUT2D eigenvalue weighted by molar-refractivity contribution is -0.137. The number of aryl methyl sites for hydroxylation is 1. The summed E-state index contributed by atoms with van der Waals surface area (Å²) in [4.78, 5) is 32.9. The van der Waals surface area contributed by atoms with Crippen LogP contribution in [-0.2, 0) is 20.7 Å². The number of carbonyl (C=O) groups excluding carboxylic acids is 2. The van der Waals surface area contributed by atoms with Gasteiger partial charge in [0.05, 0.1) is 35.7 Å². The van der Waals surface area contributed by atoms with E-state index in [1.165, 1.54) is 4.88 Å². The van der Waals surface area contributed by atoms with Crippen molar-refractivity contribution in [1.29, 1.82) is 0 Å². The van der Waals surface area contributed by atoms with E-state index >= 15 is 0 Å². The van der Waals surface area contributed by atoms with Gasteiger partial charge in [-0.1, -0.05) is 19.1 Å². The van der Waals surface area contributed by atoms with E-state index in [0.29, 0.717) is 13.1 Å². The highest BCUT2D eigenvalue weighted by molar-refractivity contribution is 7.09. The first-order valence-electron chi connectivity index (χ1n) is 8.88.